The molecule has 1 unspecified atom stereocenters. The Morgan fingerprint density at radius 3 is 2.78 bits per heavy atom. The molecule has 6 heteroatoms. The number of amides is 1. The highest BCUT2D eigenvalue weighted by atomic mass is 35.5. The molecule has 100 valence electrons. The molecule has 4 nitrogen and oxygen atoms in total. The van der Waals surface area contributed by atoms with E-state index in [0.29, 0.717) is 18.8 Å². The molecule has 1 rings (SSSR count). The van der Waals surface area contributed by atoms with Crippen LogP contribution in [0, 0.1) is 0 Å². The number of ether oxygens (including phenoxy) is 1. The number of nitrogens with one attached hydrogen (secondary N) is 1. The van der Waals surface area contributed by atoms with Gasteiger partial charge in [-0.2, -0.15) is 0 Å². The van der Waals surface area contributed by atoms with E-state index in [2.05, 4.69) is 5.32 Å². The van der Waals surface area contributed by atoms with Gasteiger partial charge in [0.2, 0.25) is 0 Å². The molecule has 1 atom stereocenters. The van der Waals surface area contributed by atoms with Crippen LogP contribution in [0.15, 0.2) is 12.1 Å². The van der Waals surface area contributed by atoms with Crippen molar-refractivity contribution in [3.05, 3.63) is 27.7 Å². The van der Waals surface area contributed by atoms with Crippen molar-refractivity contribution in [1.29, 1.82) is 0 Å². The minimum Gasteiger partial charge on any atom is -0.399 e. The van der Waals surface area contributed by atoms with Crippen molar-refractivity contribution in [2.75, 3.05) is 18.9 Å². The lowest BCUT2D eigenvalue weighted by molar-refractivity contribution is 0.0695. The molecule has 0 radical (unpaired) electrons. The summed E-state index contributed by atoms with van der Waals surface area (Å²) in [6, 6.07) is 3.00. The maximum absolute atomic E-state index is 11.9. The second-order valence-electron chi connectivity index (χ2n) is 3.84. The van der Waals surface area contributed by atoms with Crippen molar-refractivity contribution in [3.8, 4) is 0 Å². The van der Waals surface area contributed by atoms with Gasteiger partial charge < -0.3 is 15.8 Å². The maximum Gasteiger partial charge on any atom is 0.253 e. The second-order valence-corrected chi connectivity index (χ2v) is 4.63. The Morgan fingerprint density at radius 1 is 1.50 bits per heavy atom. The molecule has 0 heterocycles. The van der Waals surface area contributed by atoms with Crippen LogP contribution in [0.2, 0.25) is 10.0 Å². The van der Waals surface area contributed by atoms with E-state index >= 15 is 0 Å². The van der Waals surface area contributed by atoms with Crippen molar-refractivity contribution in [2.24, 2.45) is 0 Å². The predicted molar refractivity (Wildman–Crippen MR) is 74.3 cm³/mol. The number of rotatable bonds is 5. The summed E-state index contributed by atoms with van der Waals surface area (Å²) in [5, 5.41) is 3.18. The number of nitrogens with two attached hydrogens (primary N) is 1. The second kappa shape index (κ2) is 6.83. The Kier molecular flexibility index (Phi) is 5.72. The quantitative estimate of drug-likeness (QED) is 0.820. The first-order valence-electron chi connectivity index (χ1n) is 5.60. The summed E-state index contributed by atoms with van der Waals surface area (Å²) in [5.74, 6) is -0.319. The number of benzene rings is 1. The molecule has 0 aliphatic rings. The third-order valence-corrected chi connectivity index (χ3v) is 3.10. The van der Waals surface area contributed by atoms with Crippen molar-refractivity contribution in [1.82, 2.24) is 5.32 Å². The summed E-state index contributed by atoms with van der Waals surface area (Å²) in [6.45, 7) is 4.77. The SMILES string of the molecule is CCOC(C)CNC(=O)c1cc(N)cc(Cl)c1Cl. The largest absolute Gasteiger partial charge is 0.399 e. The minimum atomic E-state index is -0.319. The lowest BCUT2D eigenvalue weighted by Crippen LogP contribution is -2.32. The van der Waals surface area contributed by atoms with Gasteiger partial charge in [0.25, 0.3) is 5.91 Å². The summed E-state index contributed by atoms with van der Waals surface area (Å²) in [4.78, 5) is 11.9. The molecule has 0 saturated carbocycles. The highest BCUT2D eigenvalue weighted by molar-refractivity contribution is 6.44. The fraction of sp³-hybridized carbons (Fsp3) is 0.417. The first-order valence-corrected chi connectivity index (χ1v) is 6.35. The minimum absolute atomic E-state index is 0.0609. The van der Waals surface area contributed by atoms with Crippen LogP contribution in [0.25, 0.3) is 0 Å². The zero-order valence-electron chi connectivity index (χ0n) is 10.3. The third kappa shape index (κ3) is 4.05. The van der Waals surface area contributed by atoms with Crippen LogP contribution < -0.4 is 11.1 Å². The van der Waals surface area contributed by atoms with Gasteiger partial charge in [-0.05, 0) is 26.0 Å². The Balaban J connectivity index is 2.73. The summed E-state index contributed by atoms with van der Waals surface area (Å²) in [5.41, 5.74) is 6.29. The molecular weight excluding hydrogens is 275 g/mol. The normalized spacial score (nSPS) is 12.2. The van der Waals surface area contributed by atoms with Crippen molar-refractivity contribution in [3.63, 3.8) is 0 Å². The van der Waals surface area contributed by atoms with Crippen LogP contribution in [0.3, 0.4) is 0 Å². The highest BCUT2D eigenvalue weighted by Gasteiger charge is 2.14. The third-order valence-electron chi connectivity index (χ3n) is 2.30. The summed E-state index contributed by atoms with van der Waals surface area (Å²) in [6.07, 6.45) is -0.0609. The smallest absolute Gasteiger partial charge is 0.253 e. The number of hydrogen-bond acceptors (Lipinski definition) is 3. The number of halogens is 2. The Bertz CT molecular complexity index is 438. The molecule has 0 aliphatic carbocycles. The molecule has 3 N–H and O–H groups in total. The maximum atomic E-state index is 11.9. The van der Waals surface area contributed by atoms with Gasteiger partial charge in [-0.1, -0.05) is 23.2 Å². The van der Waals surface area contributed by atoms with E-state index in [4.69, 9.17) is 33.7 Å². The van der Waals surface area contributed by atoms with Gasteiger partial charge in [0.1, 0.15) is 0 Å². The van der Waals surface area contributed by atoms with E-state index in [1.807, 2.05) is 13.8 Å². The first kappa shape index (κ1) is 15.1. The average molecular weight is 291 g/mol. The van der Waals surface area contributed by atoms with Crippen LogP contribution in [0.5, 0.6) is 0 Å². The van der Waals surface area contributed by atoms with Gasteiger partial charge in [0, 0.05) is 18.8 Å². The lowest BCUT2D eigenvalue weighted by atomic mass is 10.2. The Labute approximate surface area is 116 Å². The number of nitrogen functional groups attached to an aromatic ring is 1. The predicted octanol–water partition coefficient (Wildman–Crippen LogP) is 2.73. The van der Waals surface area contributed by atoms with E-state index in [-0.39, 0.29) is 27.6 Å². The van der Waals surface area contributed by atoms with E-state index in [9.17, 15) is 4.79 Å². The zero-order chi connectivity index (χ0) is 13.7. The van der Waals surface area contributed by atoms with Crippen molar-refractivity contribution < 1.29 is 9.53 Å². The van der Waals surface area contributed by atoms with Crippen LogP contribution in [-0.2, 0) is 4.74 Å². The van der Waals surface area contributed by atoms with Crippen LogP contribution in [0.4, 0.5) is 5.69 Å². The summed E-state index contributed by atoms with van der Waals surface area (Å²) >= 11 is 11.8. The molecule has 0 aliphatic heterocycles. The van der Waals surface area contributed by atoms with Gasteiger partial charge in [0.15, 0.2) is 0 Å². The van der Waals surface area contributed by atoms with E-state index in [1.54, 1.807) is 0 Å². The Morgan fingerprint density at radius 2 is 2.17 bits per heavy atom. The molecule has 0 fully saturated rings. The monoisotopic (exact) mass is 290 g/mol. The molecule has 1 aromatic rings. The molecule has 0 bridgehead atoms. The molecule has 0 saturated heterocycles. The molecule has 1 aromatic carbocycles. The first-order chi connectivity index (χ1) is 8.45. The van der Waals surface area contributed by atoms with Gasteiger partial charge in [-0.3, -0.25) is 4.79 Å². The molecule has 0 spiro atoms. The summed E-state index contributed by atoms with van der Waals surface area (Å²) in [7, 11) is 0. The highest BCUT2D eigenvalue weighted by Crippen LogP contribution is 2.28. The van der Waals surface area contributed by atoms with Crippen LogP contribution >= 0.6 is 23.2 Å². The van der Waals surface area contributed by atoms with Crippen molar-refractivity contribution >= 4 is 34.8 Å². The molecule has 18 heavy (non-hydrogen) atoms. The number of carbonyl (C=O) groups is 1. The van der Waals surface area contributed by atoms with E-state index < -0.39 is 0 Å². The summed E-state index contributed by atoms with van der Waals surface area (Å²) < 4.78 is 5.31. The fourth-order valence-corrected chi connectivity index (χ4v) is 1.87. The molecule has 0 aromatic heterocycles. The average Bonchev–Trinajstić information content (AvgIpc) is 2.31. The number of carbonyl (C=O) groups excluding carboxylic acids is 1. The van der Waals surface area contributed by atoms with Gasteiger partial charge in [-0.15, -0.1) is 0 Å². The van der Waals surface area contributed by atoms with Crippen LogP contribution in [0.1, 0.15) is 24.2 Å². The topological polar surface area (TPSA) is 64.3 Å². The molecular formula is C12H16Cl2N2O2. The standard InChI is InChI=1S/C12H16Cl2N2O2/c1-3-18-7(2)6-16-12(17)9-4-8(15)5-10(13)11(9)14/h4-5,7H,3,6,15H2,1-2H3,(H,16,17). The molecule has 1 amide bonds. The lowest BCUT2D eigenvalue weighted by Gasteiger charge is -2.13. The van der Waals surface area contributed by atoms with E-state index in [0.717, 1.165) is 0 Å². The Hall–Kier alpha value is -0.970. The van der Waals surface area contributed by atoms with Gasteiger partial charge in [-0.25, -0.2) is 0 Å². The number of anilines is 1. The van der Waals surface area contributed by atoms with Gasteiger partial charge >= 0.3 is 0 Å². The fourth-order valence-electron chi connectivity index (χ4n) is 1.45. The van der Waals surface area contributed by atoms with Crippen LogP contribution in [-0.4, -0.2) is 25.2 Å². The zero-order valence-corrected chi connectivity index (χ0v) is 11.8. The number of hydrogen-bond donors (Lipinski definition) is 2. The van der Waals surface area contributed by atoms with Gasteiger partial charge in [0.05, 0.1) is 21.7 Å². The van der Waals surface area contributed by atoms with E-state index in [1.165, 1.54) is 12.1 Å². The van der Waals surface area contributed by atoms with Crippen molar-refractivity contribution in [2.45, 2.75) is 20.0 Å².